The van der Waals surface area contributed by atoms with E-state index in [0.717, 1.165) is 31.0 Å². The molecular weight excluding hydrogens is 228 g/mol. The van der Waals surface area contributed by atoms with Crippen molar-refractivity contribution in [3.63, 3.8) is 0 Å². The predicted molar refractivity (Wildman–Crippen MR) is 59.6 cm³/mol. The predicted octanol–water partition coefficient (Wildman–Crippen LogP) is -0.341. The van der Waals surface area contributed by atoms with Crippen LogP contribution in [-0.2, 0) is 22.8 Å². The largest absolute Gasteiger partial charge is 0.321 e. The van der Waals surface area contributed by atoms with Gasteiger partial charge >= 0.3 is 0 Å². The fourth-order valence-electron chi connectivity index (χ4n) is 1.92. The number of aromatic nitrogens is 3. The van der Waals surface area contributed by atoms with E-state index in [2.05, 4.69) is 10.2 Å². The van der Waals surface area contributed by atoms with E-state index in [1.807, 2.05) is 4.57 Å². The summed E-state index contributed by atoms with van der Waals surface area (Å²) in [5.74, 6) is 1.78. The first-order chi connectivity index (χ1) is 7.47. The summed E-state index contributed by atoms with van der Waals surface area (Å²) in [6.45, 7) is 0.893. The Morgan fingerprint density at radius 3 is 2.94 bits per heavy atom. The number of nitrogens with zero attached hydrogens (tertiary/aromatic N) is 3. The standard InChI is InChI=1S/C9H16N4O2S/c1-16(14,15)6-4-7(10)9-12-11-8-3-2-5-13(8)9/h7H,2-6,10H2,1H3. The highest BCUT2D eigenvalue weighted by Crippen LogP contribution is 2.19. The number of hydrogen-bond acceptors (Lipinski definition) is 5. The molecule has 1 aliphatic rings. The van der Waals surface area contributed by atoms with E-state index in [0.29, 0.717) is 6.42 Å². The van der Waals surface area contributed by atoms with E-state index in [9.17, 15) is 8.42 Å². The molecule has 1 aromatic rings. The van der Waals surface area contributed by atoms with Crippen LogP contribution < -0.4 is 5.73 Å². The van der Waals surface area contributed by atoms with Gasteiger partial charge in [-0.1, -0.05) is 0 Å². The topological polar surface area (TPSA) is 90.9 Å². The van der Waals surface area contributed by atoms with E-state index < -0.39 is 9.84 Å². The lowest BCUT2D eigenvalue weighted by molar-refractivity contribution is 0.568. The van der Waals surface area contributed by atoms with E-state index in [1.54, 1.807) is 0 Å². The molecule has 1 aromatic heterocycles. The lowest BCUT2D eigenvalue weighted by Gasteiger charge is -2.10. The van der Waals surface area contributed by atoms with Crippen molar-refractivity contribution < 1.29 is 8.42 Å². The molecule has 0 saturated heterocycles. The number of rotatable bonds is 4. The Morgan fingerprint density at radius 1 is 1.50 bits per heavy atom. The maximum Gasteiger partial charge on any atom is 0.150 e. The molecule has 0 bridgehead atoms. The second-order valence-corrected chi connectivity index (χ2v) is 6.51. The molecular formula is C9H16N4O2S. The van der Waals surface area contributed by atoms with Gasteiger partial charge in [0.25, 0.3) is 0 Å². The van der Waals surface area contributed by atoms with Crippen molar-refractivity contribution >= 4 is 9.84 Å². The highest BCUT2D eigenvalue weighted by molar-refractivity contribution is 7.90. The number of aryl methyl sites for hydroxylation is 1. The molecule has 7 heteroatoms. The fourth-order valence-corrected chi connectivity index (χ4v) is 2.60. The first-order valence-corrected chi connectivity index (χ1v) is 7.39. The highest BCUT2D eigenvalue weighted by atomic mass is 32.2. The summed E-state index contributed by atoms with van der Waals surface area (Å²) >= 11 is 0. The molecule has 0 fully saturated rings. The number of fused-ring (bicyclic) bond motifs is 1. The van der Waals surface area contributed by atoms with Crippen molar-refractivity contribution in [2.75, 3.05) is 12.0 Å². The van der Waals surface area contributed by atoms with Crippen molar-refractivity contribution in [1.29, 1.82) is 0 Å². The van der Waals surface area contributed by atoms with Crippen LogP contribution in [0.2, 0.25) is 0 Å². The first-order valence-electron chi connectivity index (χ1n) is 5.32. The third-order valence-electron chi connectivity index (χ3n) is 2.77. The minimum atomic E-state index is -2.96. The molecule has 90 valence electrons. The van der Waals surface area contributed by atoms with Gasteiger partial charge in [-0.25, -0.2) is 8.42 Å². The Balaban J connectivity index is 2.07. The number of sulfone groups is 1. The van der Waals surface area contributed by atoms with Crippen LogP contribution in [0, 0.1) is 0 Å². The van der Waals surface area contributed by atoms with Gasteiger partial charge in [-0.15, -0.1) is 10.2 Å². The van der Waals surface area contributed by atoms with Crippen LogP contribution in [0.15, 0.2) is 0 Å². The van der Waals surface area contributed by atoms with Crippen molar-refractivity contribution in [3.8, 4) is 0 Å². The first kappa shape index (κ1) is 11.5. The molecule has 0 aliphatic carbocycles. The van der Waals surface area contributed by atoms with Gasteiger partial charge in [0.05, 0.1) is 11.8 Å². The van der Waals surface area contributed by atoms with Crippen LogP contribution in [-0.4, -0.2) is 35.2 Å². The third kappa shape index (κ3) is 2.41. The van der Waals surface area contributed by atoms with Gasteiger partial charge in [-0.05, 0) is 12.8 Å². The maximum atomic E-state index is 11.0. The third-order valence-corrected chi connectivity index (χ3v) is 3.75. The molecule has 6 nitrogen and oxygen atoms in total. The van der Waals surface area contributed by atoms with Gasteiger partial charge in [0.1, 0.15) is 21.5 Å². The van der Waals surface area contributed by atoms with Crippen molar-refractivity contribution in [2.45, 2.75) is 31.8 Å². The van der Waals surface area contributed by atoms with Crippen LogP contribution in [0.5, 0.6) is 0 Å². The van der Waals surface area contributed by atoms with E-state index >= 15 is 0 Å². The fraction of sp³-hybridized carbons (Fsp3) is 0.778. The Bertz CT molecular complexity index is 480. The molecule has 0 aromatic carbocycles. The van der Waals surface area contributed by atoms with Gasteiger partial charge < -0.3 is 10.3 Å². The second-order valence-electron chi connectivity index (χ2n) is 4.25. The summed E-state index contributed by atoms with van der Waals surface area (Å²) in [6, 6.07) is -0.339. The Kier molecular flexibility index (Phi) is 2.98. The van der Waals surface area contributed by atoms with Gasteiger partial charge in [0.15, 0.2) is 0 Å². The number of nitrogens with two attached hydrogens (primary N) is 1. The molecule has 2 heterocycles. The lowest BCUT2D eigenvalue weighted by Crippen LogP contribution is -2.19. The zero-order valence-electron chi connectivity index (χ0n) is 9.26. The monoisotopic (exact) mass is 244 g/mol. The smallest absolute Gasteiger partial charge is 0.150 e. The molecule has 0 saturated carbocycles. The average molecular weight is 244 g/mol. The summed E-state index contributed by atoms with van der Waals surface area (Å²) < 4.78 is 24.1. The SMILES string of the molecule is CS(=O)(=O)CCC(N)c1nnc2n1CCC2. The summed E-state index contributed by atoms with van der Waals surface area (Å²) in [7, 11) is -2.96. The van der Waals surface area contributed by atoms with Gasteiger partial charge in [-0.2, -0.15) is 0 Å². The van der Waals surface area contributed by atoms with Crippen molar-refractivity contribution in [3.05, 3.63) is 11.6 Å². The van der Waals surface area contributed by atoms with E-state index in [4.69, 9.17) is 5.73 Å². The molecule has 2 rings (SSSR count). The lowest BCUT2D eigenvalue weighted by atomic mass is 10.2. The summed E-state index contributed by atoms with van der Waals surface area (Å²) in [5, 5.41) is 8.08. The number of hydrogen-bond donors (Lipinski definition) is 1. The summed E-state index contributed by atoms with van der Waals surface area (Å²) in [6.07, 6.45) is 3.62. The molecule has 0 amide bonds. The molecule has 0 spiro atoms. The zero-order valence-corrected chi connectivity index (χ0v) is 10.1. The molecule has 1 unspecified atom stereocenters. The minimum absolute atomic E-state index is 0.0936. The molecule has 1 aliphatic heterocycles. The molecule has 2 N–H and O–H groups in total. The van der Waals surface area contributed by atoms with Crippen LogP contribution in [0.4, 0.5) is 0 Å². The van der Waals surface area contributed by atoms with E-state index in [-0.39, 0.29) is 11.8 Å². The maximum absolute atomic E-state index is 11.0. The quantitative estimate of drug-likeness (QED) is 0.782. The van der Waals surface area contributed by atoms with Crippen LogP contribution in [0.1, 0.15) is 30.5 Å². The zero-order chi connectivity index (χ0) is 11.8. The Morgan fingerprint density at radius 2 is 2.25 bits per heavy atom. The van der Waals surface area contributed by atoms with E-state index in [1.165, 1.54) is 6.26 Å². The average Bonchev–Trinajstić information content (AvgIpc) is 2.73. The molecule has 16 heavy (non-hydrogen) atoms. The Hall–Kier alpha value is -0.950. The minimum Gasteiger partial charge on any atom is -0.321 e. The summed E-state index contributed by atoms with van der Waals surface area (Å²) in [4.78, 5) is 0. The van der Waals surface area contributed by atoms with Gasteiger partial charge in [0.2, 0.25) is 0 Å². The van der Waals surface area contributed by atoms with Gasteiger partial charge in [-0.3, -0.25) is 0 Å². The van der Waals surface area contributed by atoms with Crippen molar-refractivity contribution in [1.82, 2.24) is 14.8 Å². The Labute approximate surface area is 94.8 Å². The molecule has 0 radical (unpaired) electrons. The van der Waals surface area contributed by atoms with Crippen molar-refractivity contribution in [2.24, 2.45) is 5.73 Å². The van der Waals surface area contributed by atoms with Gasteiger partial charge in [0, 0.05) is 19.2 Å². The van der Waals surface area contributed by atoms with Crippen LogP contribution in [0.25, 0.3) is 0 Å². The molecule has 1 atom stereocenters. The van der Waals surface area contributed by atoms with Crippen LogP contribution in [0.3, 0.4) is 0 Å². The summed E-state index contributed by atoms with van der Waals surface area (Å²) in [5.41, 5.74) is 5.93. The normalized spacial score (nSPS) is 17.4. The second kappa shape index (κ2) is 4.14. The van der Waals surface area contributed by atoms with Crippen LogP contribution >= 0.6 is 0 Å². The highest BCUT2D eigenvalue weighted by Gasteiger charge is 2.22.